The number of hydrogen-bond acceptors (Lipinski definition) is 5. The van der Waals surface area contributed by atoms with Crippen LogP contribution in [0.1, 0.15) is 55.8 Å². The first kappa shape index (κ1) is 24.6. The standard InChI is InChI=1S/C26H35N3O4/c1-2-3-4-5-15-32-23-9-6-8-22(17-23)29-25(30)19-27-21-13-11-20(12-14-21)26(31)28-18-24-10-7-16-33-24/h6,8-9,11-14,17,24,27H,2-5,7,10,15-16,18-19H2,1H3,(H,28,31)(H,29,30). The van der Waals surface area contributed by atoms with E-state index in [1.807, 2.05) is 24.3 Å². The topological polar surface area (TPSA) is 88.7 Å². The van der Waals surface area contributed by atoms with Crippen molar-refractivity contribution in [1.82, 2.24) is 5.32 Å². The van der Waals surface area contributed by atoms with Crippen molar-refractivity contribution in [3.8, 4) is 5.75 Å². The summed E-state index contributed by atoms with van der Waals surface area (Å²) in [6.07, 6.45) is 6.77. The number of rotatable bonds is 13. The Morgan fingerprint density at radius 1 is 1.06 bits per heavy atom. The molecule has 33 heavy (non-hydrogen) atoms. The van der Waals surface area contributed by atoms with Crippen molar-refractivity contribution in [3.63, 3.8) is 0 Å². The van der Waals surface area contributed by atoms with Crippen LogP contribution in [-0.4, -0.2) is 44.2 Å². The van der Waals surface area contributed by atoms with Crippen molar-refractivity contribution in [2.75, 3.05) is 36.9 Å². The van der Waals surface area contributed by atoms with Crippen LogP contribution in [0.4, 0.5) is 11.4 Å². The van der Waals surface area contributed by atoms with Crippen LogP contribution in [0.5, 0.6) is 5.75 Å². The van der Waals surface area contributed by atoms with Crippen molar-refractivity contribution in [3.05, 3.63) is 54.1 Å². The van der Waals surface area contributed by atoms with Gasteiger partial charge in [0.15, 0.2) is 0 Å². The molecule has 1 saturated heterocycles. The number of carbonyl (C=O) groups is 2. The summed E-state index contributed by atoms with van der Waals surface area (Å²) in [5.74, 6) is 0.473. The summed E-state index contributed by atoms with van der Waals surface area (Å²) in [6, 6.07) is 14.5. The average molecular weight is 454 g/mol. The number of hydrogen-bond donors (Lipinski definition) is 3. The molecule has 1 aliphatic heterocycles. The summed E-state index contributed by atoms with van der Waals surface area (Å²) in [4.78, 5) is 24.6. The number of benzene rings is 2. The van der Waals surface area contributed by atoms with Crippen LogP contribution in [0.3, 0.4) is 0 Å². The number of unbranched alkanes of at least 4 members (excludes halogenated alkanes) is 3. The minimum absolute atomic E-state index is 0.117. The lowest BCUT2D eigenvalue weighted by Crippen LogP contribution is -2.31. The Balaban J connectivity index is 1.38. The second-order valence-electron chi connectivity index (χ2n) is 8.26. The molecular formula is C26H35N3O4. The van der Waals surface area contributed by atoms with E-state index in [0.717, 1.165) is 37.3 Å². The SMILES string of the molecule is CCCCCCOc1cccc(NC(=O)CNc2ccc(C(=O)NCC3CCCO3)cc2)c1. The van der Waals surface area contributed by atoms with Crippen LogP contribution in [-0.2, 0) is 9.53 Å². The molecule has 7 nitrogen and oxygen atoms in total. The molecule has 0 aliphatic carbocycles. The van der Waals surface area contributed by atoms with Crippen LogP contribution in [0.15, 0.2) is 48.5 Å². The van der Waals surface area contributed by atoms with Crippen LogP contribution in [0, 0.1) is 0 Å². The number of amides is 2. The first-order valence-corrected chi connectivity index (χ1v) is 11.9. The summed E-state index contributed by atoms with van der Waals surface area (Å²) in [6.45, 7) is 4.29. The van der Waals surface area contributed by atoms with E-state index in [1.54, 1.807) is 24.3 Å². The van der Waals surface area contributed by atoms with Gasteiger partial charge in [-0.1, -0.05) is 32.3 Å². The van der Waals surface area contributed by atoms with Crippen molar-refractivity contribution in [2.24, 2.45) is 0 Å². The molecule has 2 amide bonds. The molecule has 2 aromatic carbocycles. The molecule has 1 atom stereocenters. The maximum absolute atomic E-state index is 12.3. The number of anilines is 2. The Morgan fingerprint density at radius 2 is 1.91 bits per heavy atom. The second-order valence-corrected chi connectivity index (χ2v) is 8.26. The van der Waals surface area contributed by atoms with Gasteiger partial charge in [-0.25, -0.2) is 0 Å². The molecule has 1 unspecified atom stereocenters. The van der Waals surface area contributed by atoms with Crippen LogP contribution >= 0.6 is 0 Å². The van der Waals surface area contributed by atoms with Crippen LogP contribution in [0.25, 0.3) is 0 Å². The number of carbonyl (C=O) groups excluding carboxylic acids is 2. The predicted octanol–water partition coefficient (Wildman–Crippen LogP) is 4.61. The fraction of sp³-hybridized carbons (Fsp3) is 0.462. The van der Waals surface area contributed by atoms with Gasteiger partial charge in [-0.2, -0.15) is 0 Å². The highest BCUT2D eigenvalue weighted by molar-refractivity contribution is 5.95. The van der Waals surface area contributed by atoms with E-state index in [1.165, 1.54) is 19.3 Å². The van der Waals surface area contributed by atoms with E-state index in [-0.39, 0.29) is 24.5 Å². The molecule has 1 aliphatic rings. The fourth-order valence-electron chi connectivity index (χ4n) is 3.62. The zero-order valence-electron chi connectivity index (χ0n) is 19.4. The van der Waals surface area contributed by atoms with Gasteiger partial charge < -0.3 is 25.4 Å². The molecule has 7 heteroatoms. The average Bonchev–Trinajstić information content (AvgIpc) is 3.35. The molecule has 0 saturated carbocycles. The van der Waals surface area contributed by atoms with Gasteiger partial charge in [-0.3, -0.25) is 9.59 Å². The summed E-state index contributed by atoms with van der Waals surface area (Å²) >= 11 is 0. The Labute approximate surface area is 196 Å². The molecule has 0 bridgehead atoms. The number of ether oxygens (including phenoxy) is 2. The lowest BCUT2D eigenvalue weighted by molar-refractivity contribution is -0.114. The maximum Gasteiger partial charge on any atom is 0.251 e. The van der Waals surface area contributed by atoms with Crippen molar-refractivity contribution >= 4 is 23.2 Å². The molecule has 3 rings (SSSR count). The van der Waals surface area contributed by atoms with E-state index in [0.29, 0.717) is 24.4 Å². The van der Waals surface area contributed by atoms with Crippen LogP contribution < -0.4 is 20.7 Å². The normalized spacial score (nSPS) is 15.1. The number of nitrogens with one attached hydrogen (secondary N) is 3. The Bertz CT molecular complexity index is 879. The summed E-state index contributed by atoms with van der Waals surface area (Å²) < 4.78 is 11.3. The highest BCUT2D eigenvalue weighted by Gasteiger charge is 2.16. The van der Waals surface area contributed by atoms with Crippen molar-refractivity contribution in [2.45, 2.75) is 51.6 Å². The maximum atomic E-state index is 12.3. The van der Waals surface area contributed by atoms with Crippen molar-refractivity contribution < 1.29 is 19.1 Å². The summed E-state index contributed by atoms with van der Waals surface area (Å²) in [7, 11) is 0. The molecule has 0 aromatic heterocycles. The predicted molar refractivity (Wildman–Crippen MR) is 131 cm³/mol. The van der Waals surface area contributed by atoms with Crippen molar-refractivity contribution in [1.29, 1.82) is 0 Å². The van der Waals surface area contributed by atoms with Gasteiger partial charge in [-0.05, 0) is 55.7 Å². The van der Waals surface area contributed by atoms with Gasteiger partial charge in [0.2, 0.25) is 5.91 Å². The van der Waals surface area contributed by atoms with E-state index < -0.39 is 0 Å². The molecule has 3 N–H and O–H groups in total. The van der Waals surface area contributed by atoms with E-state index in [2.05, 4.69) is 22.9 Å². The van der Waals surface area contributed by atoms with Gasteiger partial charge in [0.05, 0.1) is 19.3 Å². The zero-order valence-corrected chi connectivity index (χ0v) is 19.4. The third kappa shape index (κ3) is 8.77. The lowest BCUT2D eigenvalue weighted by Gasteiger charge is -2.12. The molecular weight excluding hydrogens is 418 g/mol. The first-order valence-electron chi connectivity index (χ1n) is 11.9. The third-order valence-electron chi connectivity index (χ3n) is 5.50. The monoisotopic (exact) mass is 453 g/mol. The van der Waals surface area contributed by atoms with Gasteiger partial charge in [-0.15, -0.1) is 0 Å². The third-order valence-corrected chi connectivity index (χ3v) is 5.50. The van der Waals surface area contributed by atoms with E-state index in [9.17, 15) is 9.59 Å². The van der Waals surface area contributed by atoms with E-state index >= 15 is 0 Å². The van der Waals surface area contributed by atoms with Gasteiger partial charge in [0.1, 0.15) is 5.75 Å². The summed E-state index contributed by atoms with van der Waals surface area (Å²) in [5.41, 5.74) is 2.05. The molecule has 2 aromatic rings. The molecule has 0 spiro atoms. The Kier molecular flexibility index (Phi) is 10.0. The minimum atomic E-state index is -0.159. The minimum Gasteiger partial charge on any atom is -0.494 e. The summed E-state index contributed by atoms with van der Waals surface area (Å²) in [5, 5.41) is 8.87. The molecule has 178 valence electrons. The van der Waals surface area contributed by atoms with Gasteiger partial charge >= 0.3 is 0 Å². The van der Waals surface area contributed by atoms with E-state index in [4.69, 9.17) is 9.47 Å². The second kappa shape index (κ2) is 13.5. The zero-order chi connectivity index (χ0) is 23.3. The Morgan fingerprint density at radius 3 is 2.67 bits per heavy atom. The van der Waals surface area contributed by atoms with Gasteiger partial charge in [0.25, 0.3) is 5.91 Å². The molecule has 1 heterocycles. The lowest BCUT2D eigenvalue weighted by atomic mass is 10.2. The molecule has 1 fully saturated rings. The Hall–Kier alpha value is -3.06. The van der Waals surface area contributed by atoms with Crippen LogP contribution in [0.2, 0.25) is 0 Å². The first-order chi connectivity index (χ1) is 16.1. The smallest absolute Gasteiger partial charge is 0.251 e. The largest absolute Gasteiger partial charge is 0.494 e. The van der Waals surface area contributed by atoms with Gasteiger partial charge in [0, 0.05) is 36.2 Å². The molecule has 0 radical (unpaired) electrons. The quantitative estimate of drug-likeness (QED) is 0.386. The highest BCUT2D eigenvalue weighted by atomic mass is 16.5. The highest BCUT2D eigenvalue weighted by Crippen LogP contribution is 2.18. The fourth-order valence-corrected chi connectivity index (χ4v) is 3.62.